The maximum Gasteiger partial charge on any atom is 0.115 e. The van der Waals surface area contributed by atoms with Crippen LogP contribution in [0.25, 0.3) is 0 Å². The van der Waals surface area contributed by atoms with Gasteiger partial charge in [-0.05, 0) is 51.6 Å². The Kier molecular flexibility index (Phi) is 3.72. The highest BCUT2D eigenvalue weighted by molar-refractivity contribution is 9.10. The van der Waals surface area contributed by atoms with Gasteiger partial charge in [0.25, 0.3) is 0 Å². The summed E-state index contributed by atoms with van der Waals surface area (Å²) in [5.41, 5.74) is 0. The number of benzene rings is 1. The summed E-state index contributed by atoms with van der Waals surface area (Å²) in [6.45, 7) is 0. The molecule has 4 heteroatoms. The van der Waals surface area contributed by atoms with Crippen LogP contribution in [0, 0.1) is 0 Å². The minimum atomic E-state index is 0.316. The first-order valence-electron chi connectivity index (χ1n) is 4.39. The molecular formula is C11H9BrOS2. The van der Waals surface area contributed by atoms with Gasteiger partial charge in [-0.1, -0.05) is 0 Å². The zero-order valence-corrected chi connectivity index (χ0v) is 11.0. The fourth-order valence-corrected chi connectivity index (χ4v) is 3.81. The lowest BCUT2D eigenvalue weighted by molar-refractivity contribution is 0.475. The maximum absolute atomic E-state index is 9.14. The first-order valence-corrected chi connectivity index (χ1v) is 7.05. The molecule has 0 radical (unpaired) electrons. The molecule has 0 aliphatic carbocycles. The third kappa shape index (κ3) is 3.00. The molecule has 0 aliphatic rings. The van der Waals surface area contributed by atoms with Crippen LogP contribution in [-0.2, 0) is 5.75 Å². The smallest absolute Gasteiger partial charge is 0.115 e. The van der Waals surface area contributed by atoms with Crippen LogP contribution in [0.3, 0.4) is 0 Å². The van der Waals surface area contributed by atoms with Crippen LogP contribution in [0.1, 0.15) is 4.88 Å². The maximum atomic E-state index is 9.14. The van der Waals surface area contributed by atoms with Crippen molar-refractivity contribution >= 4 is 39.0 Å². The van der Waals surface area contributed by atoms with Gasteiger partial charge in [0.2, 0.25) is 0 Å². The second-order valence-electron chi connectivity index (χ2n) is 2.97. The largest absolute Gasteiger partial charge is 0.508 e. The third-order valence-corrected chi connectivity index (χ3v) is 5.05. The summed E-state index contributed by atoms with van der Waals surface area (Å²) in [6, 6.07) is 9.36. The van der Waals surface area contributed by atoms with Crippen molar-refractivity contribution in [3.8, 4) is 5.75 Å². The van der Waals surface area contributed by atoms with Gasteiger partial charge in [-0.15, -0.1) is 23.1 Å². The summed E-state index contributed by atoms with van der Waals surface area (Å²) in [6.07, 6.45) is 0. The first-order chi connectivity index (χ1) is 7.25. The average molecular weight is 301 g/mol. The average Bonchev–Trinajstić information content (AvgIpc) is 2.63. The monoisotopic (exact) mass is 300 g/mol. The zero-order valence-electron chi connectivity index (χ0n) is 7.81. The van der Waals surface area contributed by atoms with Crippen molar-refractivity contribution in [1.82, 2.24) is 0 Å². The van der Waals surface area contributed by atoms with Crippen molar-refractivity contribution in [2.24, 2.45) is 0 Å². The summed E-state index contributed by atoms with van der Waals surface area (Å²) >= 11 is 7.03. The summed E-state index contributed by atoms with van der Waals surface area (Å²) in [5.74, 6) is 1.28. The molecule has 0 amide bonds. The fourth-order valence-electron chi connectivity index (χ4n) is 1.12. The first kappa shape index (κ1) is 11.0. The topological polar surface area (TPSA) is 20.2 Å². The van der Waals surface area contributed by atoms with Gasteiger partial charge in [0.15, 0.2) is 0 Å². The van der Waals surface area contributed by atoms with Crippen LogP contribution in [0.15, 0.2) is 45.1 Å². The summed E-state index contributed by atoms with van der Waals surface area (Å²) in [7, 11) is 0. The van der Waals surface area contributed by atoms with Crippen molar-refractivity contribution in [3.63, 3.8) is 0 Å². The zero-order chi connectivity index (χ0) is 10.7. The number of thioether (sulfide) groups is 1. The van der Waals surface area contributed by atoms with E-state index in [1.54, 1.807) is 35.2 Å². The van der Waals surface area contributed by atoms with Crippen LogP contribution in [0.4, 0.5) is 0 Å². The van der Waals surface area contributed by atoms with E-state index in [4.69, 9.17) is 5.11 Å². The van der Waals surface area contributed by atoms with Crippen molar-refractivity contribution in [2.45, 2.75) is 10.6 Å². The summed E-state index contributed by atoms with van der Waals surface area (Å²) in [4.78, 5) is 2.51. The van der Waals surface area contributed by atoms with Gasteiger partial charge in [-0.25, -0.2) is 0 Å². The van der Waals surface area contributed by atoms with E-state index < -0.39 is 0 Å². The molecule has 0 bridgehead atoms. The van der Waals surface area contributed by atoms with Crippen molar-refractivity contribution in [3.05, 3.63) is 45.1 Å². The second-order valence-corrected chi connectivity index (χ2v) is 5.88. The predicted molar refractivity (Wildman–Crippen MR) is 69.7 cm³/mol. The lowest BCUT2D eigenvalue weighted by Gasteiger charge is -2.00. The molecule has 15 heavy (non-hydrogen) atoms. The van der Waals surface area contributed by atoms with Crippen molar-refractivity contribution in [2.75, 3.05) is 0 Å². The van der Waals surface area contributed by atoms with Gasteiger partial charge in [0.05, 0.1) is 0 Å². The van der Waals surface area contributed by atoms with Crippen molar-refractivity contribution < 1.29 is 5.11 Å². The van der Waals surface area contributed by atoms with Crippen LogP contribution in [-0.4, -0.2) is 5.11 Å². The summed E-state index contributed by atoms with van der Waals surface area (Å²) < 4.78 is 1.18. The van der Waals surface area contributed by atoms with Gasteiger partial charge in [0.1, 0.15) is 5.75 Å². The number of aromatic hydroxyl groups is 1. The standard InChI is InChI=1S/C11H9BrOS2/c12-10-5-6-14-11(10)7-15-9-3-1-8(13)2-4-9/h1-6,13H,7H2. The van der Waals surface area contributed by atoms with Gasteiger partial charge in [-0.2, -0.15) is 0 Å². The molecule has 1 heterocycles. The minimum Gasteiger partial charge on any atom is -0.508 e. The van der Waals surface area contributed by atoms with Gasteiger partial charge in [0, 0.05) is 20.0 Å². The quantitative estimate of drug-likeness (QED) is 0.842. The molecule has 0 spiro atoms. The molecule has 1 nitrogen and oxygen atoms in total. The molecule has 1 aromatic heterocycles. The Hall–Kier alpha value is -0.450. The lowest BCUT2D eigenvalue weighted by Crippen LogP contribution is -1.75. The molecule has 0 saturated carbocycles. The second kappa shape index (κ2) is 5.05. The molecule has 2 aromatic rings. The molecule has 0 fully saturated rings. The van der Waals surface area contributed by atoms with Crippen LogP contribution < -0.4 is 0 Å². The number of thiophene rings is 1. The number of phenols is 1. The number of hydrogen-bond acceptors (Lipinski definition) is 3. The molecule has 1 aromatic carbocycles. The van der Waals surface area contributed by atoms with E-state index in [0.29, 0.717) is 5.75 Å². The normalized spacial score (nSPS) is 10.5. The third-order valence-electron chi connectivity index (χ3n) is 1.90. The van der Waals surface area contributed by atoms with Crippen LogP contribution >= 0.6 is 39.0 Å². The van der Waals surface area contributed by atoms with E-state index in [9.17, 15) is 0 Å². The van der Waals surface area contributed by atoms with E-state index in [-0.39, 0.29) is 0 Å². The SMILES string of the molecule is Oc1ccc(SCc2sccc2Br)cc1. The molecule has 78 valence electrons. The van der Waals surface area contributed by atoms with E-state index in [1.807, 2.05) is 12.1 Å². The van der Waals surface area contributed by atoms with Gasteiger partial charge < -0.3 is 5.11 Å². The molecule has 2 rings (SSSR count). The van der Waals surface area contributed by atoms with Gasteiger partial charge >= 0.3 is 0 Å². The fraction of sp³-hybridized carbons (Fsp3) is 0.0909. The van der Waals surface area contributed by atoms with E-state index in [1.165, 1.54) is 14.2 Å². The Bertz CT molecular complexity index is 436. The molecule has 0 aliphatic heterocycles. The van der Waals surface area contributed by atoms with E-state index >= 15 is 0 Å². The molecule has 0 atom stereocenters. The number of rotatable bonds is 3. The van der Waals surface area contributed by atoms with Crippen LogP contribution in [0.2, 0.25) is 0 Å². The molecule has 0 saturated heterocycles. The van der Waals surface area contributed by atoms with E-state index in [0.717, 1.165) is 5.75 Å². The Morgan fingerprint density at radius 3 is 2.53 bits per heavy atom. The van der Waals surface area contributed by atoms with Crippen LogP contribution in [0.5, 0.6) is 5.75 Å². The Labute approximate surface area is 105 Å². The molecule has 0 unspecified atom stereocenters. The Balaban J connectivity index is 1.99. The summed E-state index contributed by atoms with van der Waals surface area (Å²) in [5, 5.41) is 11.2. The van der Waals surface area contributed by atoms with Crippen molar-refractivity contribution in [1.29, 1.82) is 0 Å². The molecule has 1 N–H and O–H groups in total. The number of halogens is 1. The molecular weight excluding hydrogens is 292 g/mol. The van der Waals surface area contributed by atoms with E-state index in [2.05, 4.69) is 27.4 Å². The van der Waals surface area contributed by atoms with Gasteiger partial charge in [-0.3, -0.25) is 0 Å². The lowest BCUT2D eigenvalue weighted by atomic mass is 10.3. The number of phenolic OH excluding ortho intramolecular Hbond substituents is 1. The highest BCUT2D eigenvalue weighted by Crippen LogP contribution is 2.30. The minimum absolute atomic E-state index is 0.316. The highest BCUT2D eigenvalue weighted by Gasteiger charge is 2.02. The Morgan fingerprint density at radius 1 is 1.20 bits per heavy atom. The highest BCUT2D eigenvalue weighted by atomic mass is 79.9. The number of hydrogen-bond donors (Lipinski definition) is 1. The Morgan fingerprint density at radius 2 is 1.93 bits per heavy atom. The predicted octanol–water partition coefficient (Wildman–Crippen LogP) is 4.51.